The minimum atomic E-state index is 0.409. The lowest BCUT2D eigenvalue weighted by Gasteiger charge is -2.10. The van der Waals surface area contributed by atoms with E-state index in [1.54, 1.807) is 12.1 Å². The van der Waals surface area contributed by atoms with Crippen LogP contribution in [0.25, 0.3) is 0 Å². The Labute approximate surface area is 130 Å². The predicted molar refractivity (Wildman–Crippen MR) is 82.8 cm³/mol. The second kappa shape index (κ2) is 6.62. The lowest BCUT2D eigenvalue weighted by atomic mass is 10.1. The zero-order valence-corrected chi connectivity index (χ0v) is 13.1. The van der Waals surface area contributed by atoms with Crippen LogP contribution in [0.1, 0.15) is 11.1 Å². The molecule has 0 spiro atoms. The lowest BCUT2D eigenvalue weighted by molar-refractivity contribution is 0.306. The highest BCUT2D eigenvalue weighted by atomic mass is 79.9. The molecular weight excluding hydrogens is 349 g/mol. The maximum atomic E-state index is 6.09. The maximum absolute atomic E-state index is 6.09. The quantitative estimate of drug-likeness (QED) is 0.850. The Morgan fingerprint density at radius 1 is 1.00 bits per heavy atom. The number of ether oxygens (including phenoxy) is 1. The third-order valence-corrected chi connectivity index (χ3v) is 3.62. The van der Waals surface area contributed by atoms with E-state index in [-0.39, 0.29) is 0 Å². The number of hydrogen-bond acceptors (Lipinski definition) is 2. The van der Waals surface area contributed by atoms with E-state index >= 15 is 0 Å². The molecule has 0 atom stereocenters. The fourth-order valence-electron chi connectivity index (χ4n) is 1.59. The molecule has 2 rings (SSSR count). The van der Waals surface area contributed by atoms with Crippen LogP contribution in [0.4, 0.5) is 0 Å². The van der Waals surface area contributed by atoms with Crippen molar-refractivity contribution in [3.8, 4) is 5.75 Å². The van der Waals surface area contributed by atoms with Crippen molar-refractivity contribution in [1.82, 2.24) is 0 Å². The number of halogens is 3. The molecule has 0 heterocycles. The van der Waals surface area contributed by atoms with Crippen LogP contribution in [0.15, 0.2) is 40.9 Å². The molecule has 5 heteroatoms. The van der Waals surface area contributed by atoms with Crippen molar-refractivity contribution in [1.29, 1.82) is 0 Å². The van der Waals surface area contributed by atoms with Crippen molar-refractivity contribution in [2.45, 2.75) is 13.2 Å². The van der Waals surface area contributed by atoms with Gasteiger partial charge in [-0.3, -0.25) is 0 Å². The molecule has 19 heavy (non-hydrogen) atoms. The highest BCUT2D eigenvalue weighted by Crippen LogP contribution is 2.36. The van der Waals surface area contributed by atoms with E-state index in [2.05, 4.69) is 15.9 Å². The second-order valence-corrected chi connectivity index (χ2v) is 5.74. The van der Waals surface area contributed by atoms with Crippen molar-refractivity contribution in [3.63, 3.8) is 0 Å². The SMILES string of the molecule is NCc1ccc(COc2c(Cl)cc(Br)cc2Cl)cc1. The van der Waals surface area contributed by atoms with E-state index in [1.165, 1.54) is 0 Å². The molecule has 0 amide bonds. The molecule has 0 radical (unpaired) electrons. The summed E-state index contributed by atoms with van der Waals surface area (Å²) in [5.74, 6) is 0.495. The second-order valence-electron chi connectivity index (χ2n) is 4.01. The van der Waals surface area contributed by atoms with Crippen LogP contribution in [0.3, 0.4) is 0 Å². The summed E-state index contributed by atoms with van der Waals surface area (Å²) in [6, 6.07) is 11.4. The van der Waals surface area contributed by atoms with Gasteiger partial charge in [0.05, 0.1) is 10.0 Å². The fraction of sp³-hybridized carbons (Fsp3) is 0.143. The maximum Gasteiger partial charge on any atom is 0.157 e. The van der Waals surface area contributed by atoms with Gasteiger partial charge in [-0.05, 0) is 23.3 Å². The highest BCUT2D eigenvalue weighted by molar-refractivity contribution is 9.10. The van der Waals surface area contributed by atoms with Gasteiger partial charge in [-0.1, -0.05) is 63.4 Å². The van der Waals surface area contributed by atoms with Crippen molar-refractivity contribution in [3.05, 3.63) is 62.0 Å². The number of nitrogens with two attached hydrogens (primary N) is 1. The molecule has 0 aliphatic carbocycles. The molecule has 2 N–H and O–H groups in total. The summed E-state index contributed by atoms with van der Waals surface area (Å²) in [4.78, 5) is 0. The van der Waals surface area contributed by atoms with Gasteiger partial charge in [-0.2, -0.15) is 0 Å². The Hall–Kier alpha value is -0.740. The van der Waals surface area contributed by atoms with Gasteiger partial charge in [0.1, 0.15) is 6.61 Å². The Bertz CT molecular complexity index is 549. The lowest BCUT2D eigenvalue weighted by Crippen LogP contribution is -1.99. The first kappa shape index (κ1) is 14.7. The average Bonchev–Trinajstić information content (AvgIpc) is 2.38. The molecule has 0 aliphatic heterocycles. The summed E-state index contributed by atoms with van der Waals surface area (Å²) >= 11 is 15.5. The largest absolute Gasteiger partial charge is 0.486 e. The zero-order chi connectivity index (χ0) is 13.8. The Morgan fingerprint density at radius 2 is 1.53 bits per heavy atom. The fourth-order valence-corrected chi connectivity index (χ4v) is 2.91. The molecule has 0 bridgehead atoms. The normalized spacial score (nSPS) is 10.5. The van der Waals surface area contributed by atoms with Crippen LogP contribution in [-0.4, -0.2) is 0 Å². The Kier molecular flexibility index (Phi) is 5.11. The van der Waals surface area contributed by atoms with Crippen LogP contribution in [0.2, 0.25) is 10.0 Å². The predicted octanol–water partition coefficient (Wildman–Crippen LogP) is 4.79. The summed E-state index contributed by atoms with van der Waals surface area (Å²) in [5.41, 5.74) is 7.67. The van der Waals surface area contributed by atoms with E-state index < -0.39 is 0 Å². The van der Waals surface area contributed by atoms with Crippen molar-refractivity contribution in [2.24, 2.45) is 5.73 Å². The number of hydrogen-bond donors (Lipinski definition) is 1. The minimum absolute atomic E-state index is 0.409. The topological polar surface area (TPSA) is 35.2 Å². The van der Waals surface area contributed by atoms with Gasteiger partial charge in [0, 0.05) is 11.0 Å². The summed E-state index contributed by atoms with van der Waals surface area (Å²) in [6.45, 7) is 0.942. The smallest absolute Gasteiger partial charge is 0.157 e. The summed E-state index contributed by atoms with van der Waals surface area (Å²) in [5, 5.41) is 0.968. The van der Waals surface area contributed by atoms with E-state index in [4.69, 9.17) is 33.7 Å². The minimum Gasteiger partial charge on any atom is -0.486 e. The first-order chi connectivity index (χ1) is 9.10. The molecule has 0 aromatic heterocycles. The first-order valence-corrected chi connectivity index (χ1v) is 7.20. The molecule has 100 valence electrons. The van der Waals surface area contributed by atoms with E-state index in [1.807, 2.05) is 24.3 Å². The van der Waals surface area contributed by atoms with Crippen LogP contribution < -0.4 is 10.5 Å². The molecule has 2 nitrogen and oxygen atoms in total. The van der Waals surface area contributed by atoms with E-state index in [0.29, 0.717) is 28.9 Å². The van der Waals surface area contributed by atoms with Gasteiger partial charge >= 0.3 is 0 Å². The Morgan fingerprint density at radius 3 is 2.05 bits per heavy atom. The molecule has 0 fully saturated rings. The molecule has 0 unspecified atom stereocenters. The van der Waals surface area contributed by atoms with Gasteiger partial charge in [0.2, 0.25) is 0 Å². The van der Waals surface area contributed by atoms with Crippen molar-refractivity contribution in [2.75, 3.05) is 0 Å². The van der Waals surface area contributed by atoms with Gasteiger partial charge in [-0.25, -0.2) is 0 Å². The highest BCUT2D eigenvalue weighted by Gasteiger charge is 2.09. The molecule has 0 saturated heterocycles. The molecule has 2 aromatic carbocycles. The van der Waals surface area contributed by atoms with Crippen molar-refractivity contribution >= 4 is 39.1 Å². The summed E-state index contributed by atoms with van der Waals surface area (Å²) < 4.78 is 6.49. The third kappa shape index (κ3) is 3.86. The molecule has 2 aromatic rings. The number of rotatable bonds is 4. The molecule has 0 aliphatic rings. The Balaban J connectivity index is 2.10. The first-order valence-electron chi connectivity index (χ1n) is 5.65. The van der Waals surface area contributed by atoms with E-state index in [0.717, 1.165) is 15.6 Å². The third-order valence-electron chi connectivity index (χ3n) is 2.60. The van der Waals surface area contributed by atoms with Crippen LogP contribution in [-0.2, 0) is 13.2 Å². The molecule has 0 saturated carbocycles. The van der Waals surface area contributed by atoms with Crippen LogP contribution in [0.5, 0.6) is 5.75 Å². The van der Waals surface area contributed by atoms with Gasteiger partial charge in [-0.15, -0.1) is 0 Å². The van der Waals surface area contributed by atoms with Gasteiger partial charge < -0.3 is 10.5 Å². The summed E-state index contributed by atoms with van der Waals surface area (Å²) in [6.07, 6.45) is 0. The summed E-state index contributed by atoms with van der Waals surface area (Å²) in [7, 11) is 0. The average molecular weight is 361 g/mol. The zero-order valence-electron chi connectivity index (χ0n) is 10.00. The standard InChI is InChI=1S/C14H12BrCl2NO/c15-11-5-12(16)14(13(17)6-11)19-8-10-3-1-9(7-18)2-4-10/h1-6H,7-8,18H2. The van der Waals surface area contributed by atoms with Crippen molar-refractivity contribution < 1.29 is 4.74 Å². The van der Waals surface area contributed by atoms with Gasteiger partial charge in [0.15, 0.2) is 5.75 Å². The van der Waals surface area contributed by atoms with Gasteiger partial charge in [0.25, 0.3) is 0 Å². The molecular formula is C14H12BrCl2NO. The monoisotopic (exact) mass is 359 g/mol. The van der Waals surface area contributed by atoms with Crippen LogP contribution in [0, 0.1) is 0 Å². The number of benzene rings is 2. The van der Waals surface area contributed by atoms with E-state index in [9.17, 15) is 0 Å². The van der Waals surface area contributed by atoms with Crippen LogP contribution >= 0.6 is 39.1 Å².